The Hall–Kier alpha value is -1.70. The Morgan fingerprint density at radius 2 is 1.85 bits per heavy atom. The molecule has 0 unspecified atom stereocenters. The molecule has 26 heavy (non-hydrogen) atoms. The first-order valence-electron chi connectivity index (χ1n) is 8.89. The average molecular weight is 393 g/mol. The number of carbonyl (C=O) groups is 1. The summed E-state index contributed by atoms with van der Waals surface area (Å²) in [7, 11) is -3.49. The van der Waals surface area contributed by atoms with E-state index in [1.165, 1.54) is 4.31 Å². The molecule has 1 aromatic carbocycles. The Morgan fingerprint density at radius 3 is 2.54 bits per heavy atom. The summed E-state index contributed by atoms with van der Waals surface area (Å²) >= 11 is 1.05. The minimum Gasteiger partial charge on any atom is -0.351 e. The van der Waals surface area contributed by atoms with Crippen LogP contribution < -0.4 is 5.32 Å². The number of rotatable bonds is 6. The second kappa shape index (κ2) is 8.33. The van der Waals surface area contributed by atoms with E-state index in [4.69, 9.17) is 0 Å². The van der Waals surface area contributed by atoms with Crippen LogP contribution in [0.25, 0.3) is 0 Å². The van der Waals surface area contributed by atoms with Crippen LogP contribution in [0.1, 0.15) is 35.0 Å². The van der Waals surface area contributed by atoms with Crippen LogP contribution >= 0.6 is 11.3 Å². The summed E-state index contributed by atoms with van der Waals surface area (Å²) in [5.41, 5.74) is 1.15. The molecule has 140 valence electrons. The van der Waals surface area contributed by atoms with Gasteiger partial charge in [-0.2, -0.15) is 4.31 Å². The summed E-state index contributed by atoms with van der Waals surface area (Å²) < 4.78 is 27.3. The summed E-state index contributed by atoms with van der Waals surface area (Å²) in [6.45, 7) is 3.78. The van der Waals surface area contributed by atoms with E-state index in [9.17, 15) is 13.2 Å². The third kappa shape index (κ3) is 4.52. The van der Waals surface area contributed by atoms with Gasteiger partial charge >= 0.3 is 0 Å². The number of carbonyl (C=O) groups excluding carboxylic acids is 1. The Kier molecular flexibility index (Phi) is 6.11. The molecule has 1 fully saturated rings. The van der Waals surface area contributed by atoms with E-state index in [0.717, 1.165) is 36.2 Å². The molecular formula is C19H24N2O3S2. The van der Waals surface area contributed by atoms with Crippen molar-refractivity contribution in [2.24, 2.45) is 5.92 Å². The second-order valence-corrected chi connectivity index (χ2v) is 9.95. The molecule has 3 rings (SSSR count). The number of thiophene rings is 1. The van der Waals surface area contributed by atoms with Crippen LogP contribution in [0.15, 0.2) is 46.7 Å². The van der Waals surface area contributed by atoms with Crippen molar-refractivity contribution in [2.45, 2.75) is 30.4 Å². The van der Waals surface area contributed by atoms with Crippen LogP contribution in [0.3, 0.4) is 0 Å². The maximum atomic E-state index is 12.7. The molecule has 1 amide bonds. The van der Waals surface area contributed by atoms with Crippen LogP contribution in [-0.4, -0.2) is 38.3 Å². The second-order valence-electron chi connectivity index (χ2n) is 6.70. The van der Waals surface area contributed by atoms with Crippen LogP contribution in [0.5, 0.6) is 0 Å². The molecule has 1 saturated heterocycles. The normalized spacial score (nSPS) is 16.5. The molecule has 2 heterocycles. The van der Waals surface area contributed by atoms with E-state index in [1.54, 1.807) is 12.1 Å². The zero-order valence-corrected chi connectivity index (χ0v) is 16.5. The van der Waals surface area contributed by atoms with Gasteiger partial charge in [0.15, 0.2) is 0 Å². The van der Waals surface area contributed by atoms with Gasteiger partial charge in [-0.05, 0) is 42.9 Å². The van der Waals surface area contributed by atoms with Crippen LogP contribution in [0.2, 0.25) is 0 Å². The maximum absolute atomic E-state index is 12.7. The van der Waals surface area contributed by atoms with Gasteiger partial charge in [-0.15, -0.1) is 11.3 Å². The molecule has 2 aromatic rings. The van der Waals surface area contributed by atoms with Gasteiger partial charge in [-0.25, -0.2) is 8.42 Å². The van der Waals surface area contributed by atoms with Gasteiger partial charge in [0.25, 0.3) is 15.9 Å². The number of benzene rings is 1. The molecule has 0 aliphatic carbocycles. The monoisotopic (exact) mass is 392 g/mol. The first-order chi connectivity index (χ1) is 12.5. The number of amides is 1. The first kappa shape index (κ1) is 19.1. The molecule has 7 heteroatoms. The smallest absolute Gasteiger partial charge is 0.261 e. The summed E-state index contributed by atoms with van der Waals surface area (Å²) in [4.78, 5) is 12.7. The van der Waals surface area contributed by atoms with E-state index in [-0.39, 0.29) is 10.1 Å². The lowest BCUT2D eigenvalue weighted by Gasteiger charge is -2.28. The summed E-state index contributed by atoms with van der Waals surface area (Å²) in [5, 5.41) is 2.86. The number of nitrogens with one attached hydrogen (secondary N) is 1. The quantitative estimate of drug-likeness (QED) is 0.821. The number of nitrogens with zero attached hydrogens (tertiary/aromatic N) is 1. The summed E-state index contributed by atoms with van der Waals surface area (Å²) in [6, 6.07) is 13.1. The first-order valence-corrected chi connectivity index (χ1v) is 11.1. The molecule has 0 saturated carbocycles. The van der Waals surface area contributed by atoms with Gasteiger partial charge in [0.2, 0.25) is 0 Å². The van der Waals surface area contributed by atoms with Crippen molar-refractivity contribution in [1.82, 2.24) is 9.62 Å². The van der Waals surface area contributed by atoms with Crippen molar-refractivity contribution < 1.29 is 13.2 Å². The van der Waals surface area contributed by atoms with Crippen molar-refractivity contribution in [3.63, 3.8) is 0 Å². The fourth-order valence-electron chi connectivity index (χ4n) is 2.99. The lowest BCUT2D eigenvalue weighted by molar-refractivity contribution is 0.0958. The highest BCUT2D eigenvalue weighted by Gasteiger charge is 2.29. The number of hydrogen-bond donors (Lipinski definition) is 1. The van der Waals surface area contributed by atoms with Crippen molar-refractivity contribution in [2.75, 3.05) is 19.6 Å². The predicted molar refractivity (Wildman–Crippen MR) is 104 cm³/mol. The zero-order valence-electron chi connectivity index (χ0n) is 14.8. The lowest BCUT2D eigenvalue weighted by atomic mass is 10.0. The standard InChI is InChI=1S/C19H24N2O3S2/c1-15-10-13-21(14-11-15)26(23,24)18-8-7-17(25-18)19(22)20-12-9-16-5-3-2-4-6-16/h2-8,15H,9-14H2,1H3,(H,20,22). The van der Waals surface area contributed by atoms with Crippen molar-refractivity contribution >= 4 is 27.3 Å². The van der Waals surface area contributed by atoms with E-state index in [0.29, 0.717) is 30.4 Å². The number of hydrogen-bond acceptors (Lipinski definition) is 4. The van der Waals surface area contributed by atoms with E-state index in [1.807, 2.05) is 30.3 Å². The Morgan fingerprint density at radius 1 is 1.15 bits per heavy atom. The molecule has 1 aromatic heterocycles. The minimum absolute atomic E-state index is 0.223. The highest BCUT2D eigenvalue weighted by atomic mass is 32.2. The molecule has 0 bridgehead atoms. The topological polar surface area (TPSA) is 66.5 Å². The van der Waals surface area contributed by atoms with Gasteiger partial charge in [-0.1, -0.05) is 37.3 Å². The SMILES string of the molecule is CC1CCN(S(=O)(=O)c2ccc(C(=O)NCCc3ccccc3)s2)CC1. The van der Waals surface area contributed by atoms with Crippen LogP contribution in [0, 0.1) is 5.92 Å². The Labute approximate surface area is 159 Å². The summed E-state index contributed by atoms with van der Waals surface area (Å²) in [6.07, 6.45) is 2.52. The summed E-state index contributed by atoms with van der Waals surface area (Å²) in [5.74, 6) is 0.343. The Bertz CT molecular complexity index is 839. The van der Waals surface area contributed by atoms with E-state index < -0.39 is 10.0 Å². The zero-order chi connectivity index (χ0) is 18.6. The van der Waals surface area contributed by atoms with Crippen molar-refractivity contribution in [1.29, 1.82) is 0 Å². The van der Waals surface area contributed by atoms with E-state index in [2.05, 4.69) is 12.2 Å². The van der Waals surface area contributed by atoms with E-state index >= 15 is 0 Å². The predicted octanol–water partition coefficient (Wildman–Crippen LogP) is 3.14. The molecule has 5 nitrogen and oxygen atoms in total. The number of piperidine rings is 1. The van der Waals surface area contributed by atoms with Gasteiger partial charge in [0.05, 0.1) is 4.88 Å². The largest absolute Gasteiger partial charge is 0.351 e. The van der Waals surface area contributed by atoms with Gasteiger partial charge < -0.3 is 5.32 Å². The third-order valence-electron chi connectivity index (χ3n) is 4.68. The van der Waals surface area contributed by atoms with Crippen LogP contribution in [-0.2, 0) is 16.4 Å². The maximum Gasteiger partial charge on any atom is 0.261 e. The third-order valence-corrected chi connectivity index (χ3v) is 8.13. The lowest BCUT2D eigenvalue weighted by Crippen LogP contribution is -2.37. The molecule has 1 aliphatic rings. The molecule has 0 atom stereocenters. The molecule has 1 aliphatic heterocycles. The molecule has 0 spiro atoms. The van der Waals surface area contributed by atoms with Gasteiger partial charge in [0, 0.05) is 19.6 Å². The fraction of sp³-hybridized carbons (Fsp3) is 0.421. The molecule has 0 radical (unpaired) electrons. The van der Waals surface area contributed by atoms with Crippen molar-refractivity contribution in [3.05, 3.63) is 52.9 Å². The molecular weight excluding hydrogens is 368 g/mol. The number of sulfonamides is 1. The Balaban J connectivity index is 1.59. The van der Waals surface area contributed by atoms with Crippen molar-refractivity contribution in [3.8, 4) is 0 Å². The van der Waals surface area contributed by atoms with Gasteiger partial charge in [0.1, 0.15) is 4.21 Å². The average Bonchev–Trinajstić information content (AvgIpc) is 3.14. The highest BCUT2D eigenvalue weighted by Crippen LogP contribution is 2.28. The van der Waals surface area contributed by atoms with Gasteiger partial charge in [-0.3, -0.25) is 4.79 Å². The molecule has 1 N–H and O–H groups in total. The minimum atomic E-state index is -3.49. The van der Waals surface area contributed by atoms with Crippen LogP contribution in [0.4, 0.5) is 0 Å². The highest BCUT2D eigenvalue weighted by molar-refractivity contribution is 7.91. The fourth-order valence-corrected chi connectivity index (χ4v) is 5.83.